The minimum Gasteiger partial charge on any atom is -0.351 e. The molecule has 0 radical (unpaired) electrons. The van der Waals surface area contributed by atoms with Crippen LogP contribution in [0.4, 0.5) is 0 Å². The van der Waals surface area contributed by atoms with Crippen molar-refractivity contribution in [1.82, 2.24) is 16.0 Å². The lowest BCUT2D eigenvalue weighted by molar-refractivity contribution is -0.122. The molecule has 5 N–H and O–H groups in total. The van der Waals surface area contributed by atoms with Gasteiger partial charge in [0.15, 0.2) is 10.9 Å². The van der Waals surface area contributed by atoms with Gasteiger partial charge in [-0.05, 0) is 28.9 Å². The highest BCUT2D eigenvalue weighted by molar-refractivity contribution is 7.80. The normalized spacial score (nSPS) is 12.9. The summed E-state index contributed by atoms with van der Waals surface area (Å²) in [5.41, 5.74) is 2.26. The molecule has 0 saturated carbocycles. The van der Waals surface area contributed by atoms with E-state index < -0.39 is 19.4 Å². The Hall–Kier alpha value is -3.03. The molecule has 33 heavy (non-hydrogen) atoms. The highest BCUT2D eigenvalue weighted by Crippen LogP contribution is 2.49. The first kappa shape index (κ1) is 24.6. The molecule has 0 aliphatic heterocycles. The van der Waals surface area contributed by atoms with Crippen molar-refractivity contribution in [1.29, 1.82) is 0 Å². The summed E-state index contributed by atoms with van der Waals surface area (Å²) < 4.78 is 12.1. The van der Waals surface area contributed by atoms with Gasteiger partial charge >= 0.3 is 7.60 Å². The van der Waals surface area contributed by atoms with E-state index in [1.165, 1.54) is 0 Å². The van der Waals surface area contributed by atoms with Crippen LogP contribution in [0.3, 0.4) is 0 Å². The second-order valence-electron chi connectivity index (χ2n) is 7.47. The van der Waals surface area contributed by atoms with E-state index in [4.69, 9.17) is 12.2 Å². The highest BCUT2D eigenvalue weighted by atomic mass is 32.1. The highest BCUT2D eigenvalue weighted by Gasteiger charge is 2.32. The zero-order chi connectivity index (χ0) is 23.7. The van der Waals surface area contributed by atoms with E-state index in [2.05, 4.69) is 16.0 Å². The largest absolute Gasteiger partial charge is 0.352 e. The zero-order valence-electron chi connectivity index (χ0n) is 17.8. The summed E-state index contributed by atoms with van der Waals surface area (Å²) in [4.78, 5) is 32.7. The smallest absolute Gasteiger partial charge is 0.351 e. The predicted molar refractivity (Wildman–Crippen MR) is 132 cm³/mol. The van der Waals surface area contributed by atoms with Crippen molar-refractivity contribution in [2.45, 2.75) is 24.8 Å². The van der Waals surface area contributed by atoms with Gasteiger partial charge in [0, 0.05) is 13.0 Å². The quantitative estimate of drug-likeness (QED) is 0.235. The molecule has 0 heterocycles. The third-order valence-corrected chi connectivity index (χ3v) is 6.27. The van der Waals surface area contributed by atoms with E-state index in [0.717, 1.165) is 11.1 Å². The van der Waals surface area contributed by atoms with Gasteiger partial charge in [0.25, 0.3) is 0 Å². The molecule has 9 heteroatoms. The number of hydrogen-bond donors (Lipinski definition) is 5. The summed E-state index contributed by atoms with van der Waals surface area (Å²) in [5, 5.41) is 8.51. The minimum atomic E-state index is -4.58. The van der Waals surface area contributed by atoms with E-state index in [9.17, 15) is 19.1 Å². The maximum absolute atomic E-state index is 13.0. The summed E-state index contributed by atoms with van der Waals surface area (Å²) in [6.45, 7) is 0.349. The van der Waals surface area contributed by atoms with E-state index in [-0.39, 0.29) is 11.0 Å². The third kappa shape index (κ3) is 7.80. The molecule has 2 unspecified atom stereocenters. The van der Waals surface area contributed by atoms with Crippen LogP contribution < -0.4 is 16.0 Å². The van der Waals surface area contributed by atoms with Crippen molar-refractivity contribution in [2.24, 2.45) is 0 Å². The first-order valence-electron chi connectivity index (χ1n) is 10.4. The van der Waals surface area contributed by atoms with Gasteiger partial charge in [-0.1, -0.05) is 91.0 Å². The Morgan fingerprint density at radius 2 is 1.33 bits per heavy atom. The second-order valence-corrected chi connectivity index (χ2v) is 9.57. The van der Waals surface area contributed by atoms with Crippen molar-refractivity contribution in [3.63, 3.8) is 0 Å². The van der Waals surface area contributed by atoms with Crippen LogP contribution in [0.15, 0.2) is 91.0 Å². The molecule has 0 saturated heterocycles. The molecule has 0 spiro atoms. The lowest BCUT2D eigenvalue weighted by Crippen LogP contribution is -2.51. The van der Waals surface area contributed by atoms with Crippen molar-refractivity contribution < 1.29 is 19.1 Å². The van der Waals surface area contributed by atoms with Gasteiger partial charge in [-0.25, -0.2) is 0 Å². The van der Waals surface area contributed by atoms with Gasteiger partial charge in [0.05, 0.1) is 0 Å². The number of rotatable bonds is 9. The van der Waals surface area contributed by atoms with Crippen molar-refractivity contribution >= 4 is 30.8 Å². The van der Waals surface area contributed by atoms with Crippen LogP contribution in [0.1, 0.15) is 22.5 Å². The summed E-state index contributed by atoms with van der Waals surface area (Å²) in [6, 6.07) is 26.6. The first-order valence-corrected chi connectivity index (χ1v) is 12.4. The number of nitrogens with one attached hydrogen (secondary N) is 3. The van der Waals surface area contributed by atoms with Gasteiger partial charge in [0.1, 0.15) is 6.04 Å². The van der Waals surface area contributed by atoms with Crippen LogP contribution in [0.25, 0.3) is 0 Å². The average molecular weight is 484 g/mol. The Morgan fingerprint density at radius 1 is 0.818 bits per heavy atom. The van der Waals surface area contributed by atoms with Crippen LogP contribution in [-0.4, -0.2) is 26.8 Å². The molecule has 3 aromatic carbocycles. The second kappa shape index (κ2) is 11.7. The molecule has 7 nitrogen and oxygen atoms in total. The minimum absolute atomic E-state index is 0.0250. The van der Waals surface area contributed by atoms with Crippen molar-refractivity contribution in [2.75, 3.05) is 0 Å². The standard InChI is InChI=1S/C24H26N3O4PS/c28-22(25-17-19-12-6-2-7-13-19)21(16-18-10-4-1-5-11-18)26-24(33)27-23(32(29,30)31)20-14-8-3-9-15-20/h1-15,21,23H,16-17H2,(H,25,28)(H2,26,27,33)(H2,29,30,31). The van der Waals surface area contributed by atoms with E-state index in [1.54, 1.807) is 30.3 Å². The van der Waals surface area contributed by atoms with E-state index in [0.29, 0.717) is 18.5 Å². The lowest BCUT2D eigenvalue weighted by atomic mass is 10.1. The summed E-state index contributed by atoms with van der Waals surface area (Å²) in [5.74, 6) is -1.61. The first-order chi connectivity index (χ1) is 15.8. The van der Waals surface area contributed by atoms with Gasteiger partial charge in [-0.15, -0.1) is 0 Å². The average Bonchev–Trinajstić information content (AvgIpc) is 2.82. The number of carbonyl (C=O) groups excluding carboxylic acids is 1. The van der Waals surface area contributed by atoms with Gasteiger partial charge in [0.2, 0.25) is 5.91 Å². The number of carbonyl (C=O) groups is 1. The van der Waals surface area contributed by atoms with Gasteiger partial charge < -0.3 is 25.7 Å². The maximum atomic E-state index is 13.0. The number of amides is 1. The van der Waals surface area contributed by atoms with Crippen molar-refractivity contribution in [3.8, 4) is 0 Å². The topological polar surface area (TPSA) is 111 Å². The Kier molecular flexibility index (Phi) is 8.74. The Bertz CT molecular complexity index is 1090. The Balaban J connectivity index is 1.73. The Labute approximate surface area is 198 Å². The van der Waals surface area contributed by atoms with Gasteiger partial charge in [-0.2, -0.15) is 0 Å². The Morgan fingerprint density at radius 3 is 1.88 bits per heavy atom. The SMILES string of the molecule is O=C(NCc1ccccc1)C(Cc1ccccc1)NC(=S)NC(c1ccccc1)P(=O)(O)O. The molecule has 0 aliphatic carbocycles. The van der Waals surface area contributed by atoms with E-state index >= 15 is 0 Å². The monoisotopic (exact) mass is 483 g/mol. The van der Waals surface area contributed by atoms with Crippen LogP contribution >= 0.6 is 19.8 Å². The molecular formula is C24H26N3O4PS. The molecule has 0 aliphatic rings. The number of thiocarbonyl (C=S) groups is 1. The van der Waals surface area contributed by atoms with Crippen LogP contribution in [-0.2, 0) is 22.3 Å². The van der Waals surface area contributed by atoms with Crippen LogP contribution in [0.2, 0.25) is 0 Å². The summed E-state index contributed by atoms with van der Waals surface area (Å²) in [6.07, 6.45) is 0.342. The molecule has 1 amide bonds. The molecule has 172 valence electrons. The van der Waals surface area contributed by atoms with E-state index in [1.807, 2.05) is 60.7 Å². The molecule has 0 fully saturated rings. The predicted octanol–water partition coefficient (Wildman–Crippen LogP) is 3.25. The number of benzene rings is 3. The summed E-state index contributed by atoms with van der Waals surface area (Å²) in [7, 11) is -4.58. The zero-order valence-corrected chi connectivity index (χ0v) is 19.5. The molecule has 3 aromatic rings. The molecule has 3 rings (SSSR count). The fraction of sp³-hybridized carbons (Fsp3) is 0.167. The fourth-order valence-corrected chi connectivity index (χ4v) is 4.49. The maximum Gasteiger partial charge on any atom is 0.352 e. The molecule has 0 aromatic heterocycles. The number of hydrogen-bond acceptors (Lipinski definition) is 3. The van der Waals surface area contributed by atoms with Crippen molar-refractivity contribution in [3.05, 3.63) is 108 Å². The third-order valence-electron chi connectivity index (χ3n) is 4.93. The van der Waals surface area contributed by atoms with Crippen LogP contribution in [0.5, 0.6) is 0 Å². The molecule has 2 atom stereocenters. The van der Waals surface area contributed by atoms with Crippen LogP contribution in [0, 0.1) is 0 Å². The molecular weight excluding hydrogens is 457 g/mol. The van der Waals surface area contributed by atoms with Gasteiger partial charge in [-0.3, -0.25) is 9.36 Å². The molecule has 0 bridgehead atoms. The summed E-state index contributed by atoms with van der Waals surface area (Å²) >= 11 is 5.34. The fourth-order valence-electron chi connectivity index (χ4n) is 3.29. The lowest BCUT2D eigenvalue weighted by Gasteiger charge is -2.25.